The van der Waals surface area contributed by atoms with E-state index in [1.54, 1.807) is 0 Å². The maximum Gasteiger partial charge on any atom is 0.185 e. The Labute approximate surface area is 160 Å². The number of para-hydroxylation sites is 1. The molecule has 2 aromatic carbocycles. The van der Waals surface area contributed by atoms with Gasteiger partial charge < -0.3 is 20.9 Å². The highest BCUT2D eigenvalue weighted by Gasteiger charge is 2.17. The molecule has 0 saturated heterocycles. The van der Waals surface area contributed by atoms with E-state index >= 15 is 0 Å². The first-order chi connectivity index (χ1) is 13.0. The molecule has 1 atom stereocenters. The van der Waals surface area contributed by atoms with Crippen LogP contribution in [-0.4, -0.2) is 31.0 Å². The van der Waals surface area contributed by atoms with Gasteiger partial charge in [0.15, 0.2) is 17.8 Å². The molecule has 2 aromatic rings. The first kappa shape index (κ1) is 20.3. The van der Waals surface area contributed by atoms with Gasteiger partial charge in [0.1, 0.15) is 11.5 Å². The van der Waals surface area contributed by atoms with E-state index in [9.17, 15) is 4.79 Å². The molecule has 0 radical (unpaired) electrons. The number of Topliss-reactive ketones (excluding diaryl/α,β-unsaturated/α-hetero) is 1. The van der Waals surface area contributed by atoms with Crippen LogP contribution in [-0.2, 0) is 11.2 Å². The zero-order valence-corrected chi connectivity index (χ0v) is 15.9. The molecule has 0 saturated carbocycles. The topological polar surface area (TPSA) is 99.9 Å². The lowest BCUT2D eigenvalue weighted by Gasteiger charge is -2.18. The van der Waals surface area contributed by atoms with Crippen molar-refractivity contribution >= 4 is 11.7 Å². The van der Waals surface area contributed by atoms with Crippen LogP contribution in [0.15, 0.2) is 53.5 Å². The van der Waals surface area contributed by atoms with Gasteiger partial charge in [-0.1, -0.05) is 30.3 Å². The van der Waals surface area contributed by atoms with Crippen LogP contribution in [0.4, 0.5) is 0 Å². The first-order valence-corrected chi connectivity index (χ1v) is 8.95. The third-order valence-electron chi connectivity index (χ3n) is 4.08. The number of guanidine groups is 1. The quantitative estimate of drug-likeness (QED) is 0.495. The summed E-state index contributed by atoms with van der Waals surface area (Å²) in [6.45, 7) is 4.44. The molecule has 0 aliphatic rings. The average molecular weight is 369 g/mol. The SMILES string of the molecule is CC(=O)C(CCOc1ccc(CCN=C(N)N)cc1)Oc1ccccc1C. The van der Waals surface area contributed by atoms with Gasteiger partial charge in [-0.15, -0.1) is 0 Å². The van der Waals surface area contributed by atoms with Gasteiger partial charge >= 0.3 is 0 Å². The van der Waals surface area contributed by atoms with Crippen molar-refractivity contribution in [2.75, 3.05) is 13.2 Å². The van der Waals surface area contributed by atoms with Crippen molar-refractivity contribution in [2.24, 2.45) is 16.5 Å². The Bertz CT molecular complexity index is 768. The number of nitrogens with two attached hydrogens (primary N) is 2. The van der Waals surface area contributed by atoms with Gasteiger partial charge in [0.2, 0.25) is 0 Å². The molecule has 0 spiro atoms. The summed E-state index contributed by atoms with van der Waals surface area (Å²) in [4.78, 5) is 15.8. The van der Waals surface area contributed by atoms with Gasteiger partial charge in [-0.2, -0.15) is 0 Å². The Hall–Kier alpha value is -3.02. The van der Waals surface area contributed by atoms with Crippen LogP contribution in [0.25, 0.3) is 0 Å². The third kappa shape index (κ3) is 7.01. The number of carbonyl (C=O) groups excluding carboxylic acids is 1. The number of aliphatic imine (C=N–C) groups is 1. The van der Waals surface area contributed by atoms with E-state index in [4.69, 9.17) is 20.9 Å². The first-order valence-electron chi connectivity index (χ1n) is 8.95. The van der Waals surface area contributed by atoms with Crippen molar-refractivity contribution < 1.29 is 14.3 Å². The van der Waals surface area contributed by atoms with Crippen molar-refractivity contribution in [3.8, 4) is 11.5 Å². The average Bonchev–Trinajstić information content (AvgIpc) is 2.63. The lowest BCUT2D eigenvalue weighted by Crippen LogP contribution is -2.27. The molecule has 2 rings (SSSR count). The number of ketones is 1. The summed E-state index contributed by atoms with van der Waals surface area (Å²) in [7, 11) is 0. The largest absolute Gasteiger partial charge is 0.493 e. The molecule has 6 nitrogen and oxygen atoms in total. The van der Waals surface area contributed by atoms with Crippen LogP contribution in [0.3, 0.4) is 0 Å². The summed E-state index contributed by atoms with van der Waals surface area (Å²) in [5, 5.41) is 0. The minimum Gasteiger partial charge on any atom is -0.493 e. The van der Waals surface area contributed by atoms with Crippen LogP contribution < -0.4 is 20.9 Å². The molecule has 0 aliphatic carbocycles. The Morgan fingerprint density at radius 1 is 1.11 bits per heavy atom. The highest BCUT2D eigenvalue weighted by molar-refractivity contribution is 5.80. The van der Waals surface area contributed by atoms with Crippen LogP contribution in [0.2, 0.25) is 0 Å². The van der Waals surface area contributed by atoms with Crippen LogP contribution >= 0.6 is 0 Å². The summed E-state index contributed by atoms with van der Waals surface area (Å²) in [6, 6.07) is 15.4. The van der Waals surface area contributed by atoms with Gasteiger partial charge in [-0.25, -0.2) is 0 Å². The molecule has 0 aliphatic heterocycles. The number of hydrogen-bond acceptors (Lipinski definition) is 4. The number of benzene rings is 2. The van der Waals surface area contributed by atoms with Gasteiger partial charge in [-0.05, 0) is 49.6 Å². The minimum atomic E-state index is -0.523. The predicted molar refractivity (Wildman–Crippen MR) is 107 cm³/mol. The third-order valence-corrected chi connectivity index (χ3v) is 4.08. The smallest absolute Gasteiger partial charge is 0.185 e. The lowest BCUT2D eigenvalue weighted by atomic mass is 10.1. The zero-order valence-electron chi connectivity index (χ0n) is 15.9. The number of carbonyl (C=O) groups is 1. The zero-order chi connectivity index (χ0) is 19.6. The molecule has 0 aromatic heterocycles. The van der Waals surface area contributed by atoms with Gasteiger partial charge in [0.05, 0.1) is 6.61 Å². The molecular weight excluding hydrogens is 342 g/mol. The molecule has 0 fully saturated rings. The molecule has 0 amide bonds. The van der Waals surface area contributed by atoms with Crippen molar-refractivity contribution in [3.63, 3.8) is 0 Å². The van der Waals surface area contributed by atoms with E-state index in [0.717, 1.165) is 29.0 Å². The molecule has 144 valence electrons. The Balaban J connectivity index is 1.83. The van der Waals surface area contributed by atoms with Crippen molar-refractivity contribution in [1.29, 1.82) is 0 Å². The molecule has 0 heterocycles. The van der Waals surface area contributed by atoms with Gasteiger partial charge in [0, 0.05) is 13.0 Å². The van der Waals surface area contributed by atoms with E-state index in [0.29, 0.717) is 19.6 Å². The van der Waals surface area contributed by atoms with Crippen LogP contribution in [0, 0.1) is 6.92 Å². The molecule has 1 unspecified atom stereocenters. The van der Waals surface area contributed by atoms with Crippen LogP contribution in [0.5, 0.6) is 11.5 Å². The lowest BCUT2D eigenvalue weighted by molar-refractivity contribution is -0.124. The second-order valence-electron chi connectivity index (χ2n) is 6.32. The Morgan fingerprint density at radius 2 is 1.81 bits per heavy atom. The van der Waals surface area contributed by atoms with Crippen molar-refractivity contribution in [3.05, 3.63) is 59.7 Å². The molecule has 0 bridgehead atoms. The van der Waals surface area contributed by atoms with E-state index in [2.05, 4.69) is 4.99 Å². The summed E-state index contributed by atoms with van der Waals surface area (Å²) < 4.78 is 11.6. The van der Waals surface area contributed by atoms with Crippen molar-refractivity contribution in [2.45, 2.75) is 32.8 Å². The van der Waals surface area contributed by atoms with E-state index in [1.165, 1.54) is 6.92 Å². The highest BCUT2D eigenvalue weighted by Crippen LogP contribution is 2.20. The highest BCUT2D eigenvalue weighted by atomic mass is 16.5. The molecule has 6 heteroatoms. The second kappa shape index (κ2) is 10.2. The normalized spacial score (nSPS) is 11.5. The Kier molecular flexibility index (Phi) is 7.67. The van der Waals surface area contributed by atoms with Gasteiger partial charge in [0.25, 0.3) is 0 Å². The van der Waals surface area contributed by atoms with Crippen LogP contribution in [0.1, 0.15) is 24.5 Å². The summed E-state index contributed by atoms with van der Waals surface area (Å²) in [5.74, 6) is 1.56. The molecule has 27 heavy (non-hydrogen) atoms. The predicted octanol–water partition coefficient (Wildman–Crippen LogP) is 2.62. The fourth-order valence-corrected chi connectivity index (χ4v) is 2.54. The fourth-order valence-electron chi connectivity index (χ4n) is 2.54. The maximum absolute atomic E-state index is 11.9. The van der Waals surface area contributed by atoms with Gasteiger partial charge in [-0.3, -0.25) is 9.79 Å². The van der Waals surface area contributed by atoms with E-state index in [-0.39, 0.29) is 11.7 Å². The number of aryl methyl sites for hydroxylation is 1. The molecular formula is C21H27N3O3. The summed E-state index contributed by atoms with van der Waals surface area (Å²) in [5.41, 5.74) is 12.7. The summed E-state index contributed by atoms with van der Waals surface area (Å²) in [6.07, 6.45) is 0.718. The second-order valence-corrected chi connectivity index (χ2v) is 6.32. The minimum absolute atomic E-state index is 0.0167. The fraction of sp³-hybridized carbons (Fsp3) is 0.333. The number of hydrogen-bond donors (Lipinski definition) is 2. The summed E-state index contributed by atoms with van der Waals surface area (Å²) >= 11 is 0. The number of rotatable bonds is 10. The van der Waals surface area contributed by atoms with E-state index < -0.39 is 6.10 Å². The number of nitrogens with zero attached hydrogens (tertiary/aromatic N) is 1. The van der Waals surface area contributed by atoms with Crippen molar-refractivity contribution in [1.82, 2.24) is 0 Å². The Morgan fingerprint density at radius 3 is 2.44 bits per heavy atom. The maximum atomic E-state index is 11.9. The monoisotopic (exact) mass is 369 g/mol. The number of ether oxygens (including phenoxy) is 2. The molecule has 4 N–H and O–H groups in total. The van der Waals surface area contributed by atoms with E-state index in [1.807, 2.05) is 55.5 Å². The standard InChI is InChI=1S/C21H27N3O3/c1-15-5-3-4-6-19(15)27-20(16(2)25)12-14-26-18-9-7-17(8-10-18)11-13-24-21(22)23/h3-10,20H,11-14H2,1-2H3,(H4,22,23,24).